The maximum absolute atomic E-state index is 5.16. The molecule has 1 aromatic heterocycles. The Morgan fingerprint density at radius 1 is 1.33 bits per heavy atom. The molecule has 1 aromatic carbocycles. The van der Waals surface area contributed by atoms with Crippen LogP contribution in [0.4, 0.5) is 5.69 Å². The standard InChI is InChI=1S/C10H10NO/c1-11(2)9-4-3-8-5-6-12-10(8)7-9/h3-5,7H,1-2H3. The van der Waals surface area contributed by atoms with E-state index in [2.05, 4.69) is 12.3 Å². The summed E-state index contributed by atoms with van der Waals surface area (Å²) in [6, 6.07) is 7.94. The van der Waals surface area contributed by atoms with Gasteiger partial charge in [-0.3, -0.25) is 0 Å². The molecule has 0 amide bonds. The summed E-state index contributed by atoms with van der Waals surface area (Å²) >= 11 is 0. The number of hydrogen-bond acceptors (Lipinski definition) is 2. The van der Waals surface area contributed by atoms with Crippen LogP contribution >= 0.6 is 0 Å². The predicted molar refractivity (Wildman–Crippen MR) is 49.4 cm³/mol. The van der Waals surface area contributed by atoms with Crippen LogP contribution < -0.4 is 4.90 Å². The van der Waals surface area contributed by atoms with Crippen LogP contribution in [0.3, 0.4) is 0 Å². The highest BCUT2D eigenvalue weighted by Crippen LogP contribution is 2.20. The van der Waals surface area contributed by atoms with E-state index < -0.39 is 0 Å². The van der Waals surface area contributed by atoms with Crippen molar-refractivity contribution in [2.24, 2.45) is 0 Å². The lowest BCUT2D eigenvalue weighted by atomic mass is 10.2. The summed E-state index contributed by atoms with van der Waals surface area (Å²) in [5, 5.41) is 1.10. The Morgan fingerprint density at radius 3 is 2.92 bits per heavy atom. The summed E-state index contributed by atoms with van der Waals surface area (Å²) in [6.07, 6.45) is 2.71. The van der Waals surface area contributed by atoms with Crippen molar-refractivity contribution in [2.75, 3.05) is 19.0 Å². The molecule has 1 radical (unpaired) electrons. The van der Waals surface area contributed by atoms with E-state index in [1.165, 1.54) is 0 Å². The topological polar surface area (TPSA) is 16.4 Å². The van der Waals surface area contributed by atoms with Gasteiger partial charge in [0, 0.05) is 31.2 Å². The van der Waals surface area contributed by atoms with Gasteiger partial charge in [-0.05, 0) is 18.2 Å². The zero-order valence-electron chi connectivity index (χ0n) is 7.16. The molecule has 0 aliphatic rings. The zero-order chi connectivity index (χ0) is 8.55. The number of nitrogens with zero attached hydrogens (tertiary/aromatic N) is 1. The van der Waals surface area contributed by atoms with Crippen LogP contribution in [0, 0.1) is 6.26 Å². The van der Waals surface area contributed by atoms with Crippen LogP contribution in [0.15, 0.2) is 28.7 Å². The fourth-order valence-corrected chi connectivity index (χ4v) is 1.17. The van der Waals surface area contributed by atoms with Crippen molar-refractivity contribution >= 4 is 16.7 Å². The van der Waals surface area contributed by atoms with E-state index in [4.69, 9.17) is 4.42 Å². The molecule has 12 heavy (non-hydrogen) atoms. The Morgan fingerprint density at radius 2 is 2.17 bits per heavy atom. The fraction of sp³-hybridized carbons (Fsp3) is 0.200. The first kappa shape index (κ1) is 7.22. The second kappa shape index (κ2) is 2.55. The summed E-state index contributed by atoms with van der Waals surface area (Å²) in [6.45, 7) is 0. The van der Waals surface area contributed by atoms with Gasteiger partial charge in [-0.2, -0.15) is 0 Å². The number of fused-ring (bicyclic) bond motifs is 1. The normalized spacial score (nSPS) is 10.5. The van der Waals surface area contributed by atoms with Gasteiger partial charge in [-0.1, -0.05) is 0 Å². The molecule has 1 heterocycles. The van der Waals surface area contributed by atoms with Crippen molar-refractivity contribution in [1.82, 2.24) is 0 Å². The molecule has 0 bridgehead atoms. The van der Waals surface area contributed by atoms with Gasteiger partial charge in [0.1, 0.15) is 5.58 Å². The van der Waals surface area contributed by atoms with Crippen molar-refractivity contribution in [2.45, 2.75) is 0 Å². The molecule has 0 fully saturated rings. The summed E-state index contributed by atoms with van der Waals surface area (Å²) in [7, 11) is 4.02. The van der Waals surface area contributed by atoms with Crippen molar-refractivity contribution in [3.05, 3.63) is 30.5 Å². The third-order valence-corrected chi connectivity index (χ3v) is 1.90. The van der Waals surface area contributed by atoms with Gasteiger partial charge >= 0.3 is 0 Å². The van der Waals surface area contributed by atoms with Crippen LogP contribution in [0.25, 0.3) is 11.0 Å². The molecule has 0 saturated heterocycles. The minimum Gasteiger partial charge on any atom is -0.453 e. The third-order valence-electron chi connectivity index (χ3n) is 1.90. The quantitative estimate of drug-likeness (QED) is 0.636. The highest BCUT2D eigenvalue weighted by molar-refractivity contribution is 5.80. The molecule has 0 unspecified atom stereocenters. The molecule has 2 aromatic rings. The van der Waals surface area contributed by atoms with Crippen molar-refractivity contribution in [3.63, 3.8) is 0 Å². The van der Waals surface area contributed by atoms with Crippen molar-refractivity contribution < 1.29 is 4.42 Å². The van der Waals surface area contributed by atoms with Gasteiger partial charge < -0.3 is 9.32 Å². The average molecular weight is 160 g/mol. The van der Waals surface area contributed by atoms with E-state index in [9.17, 15) is 0 Å². The minimum absolute atomic E-state index is 0.890. The summed E-state index contributed by atoms with van der Waals surface area (Å²) in [5.74, 6) is 0. The highest BCUT2D eigenvalue weighted by Gasteiger charge is 1.99. The molecule has 2 heteroatoms. The van der Waals surface area contributed by atoms with Gasteiger partial charge in [0.05, 0.1) is 0 Å². The zero-order valence-corrected chi connectivity index (χ0v) is 7.16. The summed E-state index contributed by atoms with van der Waals surface area (Å²) < 4.78 is 5.16. The summed E-state index contributed by atoms with van der Waals surface area (Å²) in [4.78, 5) is 2.04. The largest absolute Gasteiger partial charge is 0.453 e. The highest BCUT2D eigenvalue weighted by atomic mass is 16.3. The lowest BCUT2D eigenvalue weighted by molar-refractivity contribution is 0.606. The maximum atomic E-state index is 5.16. The van der Waals surface area contributed by atoms with Crippen LogP contribution in [0.5, 0.6) is 0 Å². The van der Waals surface area contributed by atoms with Gasteiger partial charge in [-0.25, -0.2) is 0 Å². The van der Waals surface area contributed by atoms with Crippen molar-refractivity contribution in [1.29, 1.82) is 0 Å². The Kier molecular flexibility index (Phi) is 1.54. The Bertz CT molecular complexity index is 389. The number of benzene rings is 1. The molecule has 0 N–H and O–H groups in total. The molecule has 2 rings (SSSR count). The van der Waals surface area contributed by atoms with E-state index >= 15 is 0 Å². The number of hydrogen-bond donors (Lipinski definition) is 0. The number of furan rings is 1. The second-order valence-electron chi connectivity index (χ2n) is 2.98. The lowest BCUT2D eigenvalue weighted by Crippen LogP contribution is -2.07. The lowest BCUT2D eigenvalue weighted by Gasteiger charge is -2.11. The van der Waals surface area contributed by atoms with E-state index in [0.717, 1.165) is 16.7 Å². The molecular formula is C10H10NO. The fourth-order valence-electron chi connectivity index (χ4n) is 1.17. The molecule has 0 atom stereocenters. The van der Waals surface area contributed by atoms with Crippen molar-refractivity contribution in [3.8, 4) is 0 Å². The molecule has 0 aliphatic heterocycles. The predicted octanol–water partition coefficient (Wildman–Crippen LogP) is 2.30. The minimum atomic E-state index is 0.890. The molecule has 2 nitrogen and oxygen atoms in total. The van der Waals surface area contributed by atoms with Crippen LogP contribution in [-0.2, 0) is 0 Å². The van der Waals surface area contributed by atoms with E-state index in [1.54, 1.807) is 0 Å². The van der Waals surface area contributed by atoms with E-state index in [1.807, 2.05) is 37.2 Å². The van der Waals surface area contributed by atoms with E-state index in [-0.39, 0.29) is 0 Å². The van der Waals surface area contributed by atoms with Crippen LogP contribution in [0.1, 0.15) is 0 Å². The third kappa shape index (κ3) is 1.05. The first-order valence-corrected chi connectivity index (χ1v) is 3.84. The second-order valence-corrected chi connectivity index (χ2v) is 2.98. The molecule has 0 saturated carbocycles. The maximum Gasteiger partial charge on any atom is 0.170 e. The van der Waals surface area contributed by atoms with Gasteiger partial charge in [0.25, 0.3) is 0 Å². The molecule has 61 valence electrons. The van der Waals surface area contributed by atoms with Gasteiger partial charge in [-0.15, -0.1) is 0 Å². The Labute approximate surface area is 71.4 Å². The monoisotopic (exact) mass is 160 g/mol. The number of anilines is 1. The first-order valence-electron chi connectivity index (χ1n) is 3.84. The van der Waals surface area contributed by atoms with E-state index in [0.29, 0.717) is 0 Å². The Balaban J connectivity index is 2.60. The SMILES string of the molecule is CN(C)c1ccc2c[c]oc2c1. The summed E-state index contributed by atoms with van der Waals surface area (Å²) in [5.41, 5.74) is 2.03. The van der Waals surface area contributed by atoms with Crippen LogP contribution in [0.2, 0.25) is 0 Å². The molecule has 0 spiro atoms. The van der Waals surface area contributed by atoms with Gasteiger partial charge in [0.2, 0.25) is 0 Å². The molecule has 0 aliphatic carbocycles. The van der Waals surface area contributed by atoms with Crippen LogP contribution in [-0.4, -0.2) is 14.1 Å². The Hall–Kier alpha value is -1.44. The van der Waals surface area contributed by atoms with Gasteiger partial charge in [0.15, 0.2) is 6.26 Å². The smallest absolute Gasteiger partial charge is 0.170 e. The molecular weight excluding hydrogens is 150 g/mol. The average Bonchev–Trinajstić information content (AvgIpc) is 2.49. The number of rotatable bonds is 1. The first-order chi connectivity index (χ1) is 5.77.